The number of rotatable bonds is 5. The molecular formula is C20H22N4O2. The summed E-state index contributed by atoms with van der Waals surface area (Å²) in [5, 5.41) is 11.1. The number of aromatic nitrogens is 2. The first-order valence-electron chi connectivity index (χ1n) is 8.89. The van der Waals surface area contributed by atoms with Crippen molar-refractivity contribution in [2.75, 3.05) is 32.8 Å². The molecule has 1 aliphatic heterocycles. The van der Waals surface area contributed by atoms with Crippen LogP contribution in [0.3, 0.4) is 0 Å². The number of morpholine rings is 1. The van der Waals surface area contributed by atoms with Gasteiger partial charge in [0.25, 0.3) is 5.91 Å². The van der Waals surface area contributed by atoms with Crippen LogP contribution in [-0.2, 0) is 4.74 Å². The van der Waals surface area contributed by atoms with E-state index >= 15 is 0 Å². The first-order chi connectivity index (χ1) is 12.8. The Hall–Kier alpha value is -2.70. The summed E-state index contributed by atoms with van der Waals surface area (Å²) in [7, 11) is 0. The van der Waals surface area contributed by atoms with E-state index in [0.29, 0.717) is 5.56 Å². The molecule has 1 fully saturated rings. The zero-order valence-electron chi connectivity index (χ0n) is 14.5. The summed E-state index contributed by atoms with van der Waals surface area (Å²) in [4.78, 5) is 15.3. The third-order valence-corrected chi connectivity index (χ3v) is 4.77. The van der Waals surface area contributed by atoms with Gasteiger partial charge >= 0.3 is 0 Å². The second-order valence-corrected chi connectivity index (χ2v) is 6.49. The summed E-state index contributed by atoms with van der Waals surface area (Å²) in [5.41, 5.74) is 2.48. The van der Waals surface area contributed by atoms with Crippen LogP contribution in [0.15, 0.2) is 54.7 Å². The summed E-state index contributed by atoms with van der Waals surface area (Å²) in [6.07, 6.45) is 1.73. The number of H-pyrrole nitrogens is 1. The summed E-state index contributed by atoms with van der Waals surface area (Å²) in [6.45, 7) is 4.01. The van der Waals surface area contributed by atoms with Crippen molar-refractivity contribution in [1.82, 2.24) is 20.4 Å². The fourth-order valence-electron chi connectivity index (χ4n) is 3.36. The number of benzene rings is 2. The molecule has 0 bridgehead atoms. The standard InChI is InChI=1S/C20H22N4O2/c25-20(17-8-4-7-16-13-21-23-19(16)17)22-18(15-5-2-1-3-6-15)14-24-9-11-26-12-10-24/h1-8,13,18H,9-12,14H2,(H,21,23)(H,22,25). The van der Waals surface area contributed by atoms with Crippen LogP contribution in [-0.4, -0.2) is 53.9 Å². The minimum atomic E-state index is -0.0954. The summed E-state index contributed by atoms with van der Waals surface area (Å²) in [6, 6.07) is 15.7. The number of carbonyl (C=O) groups is 1. The van der Waals surface area contributed by atoms with Gasteiger partial charge in [-0.3, -0.25) is 14.8 Å². The van der Waals surface area contributed by atoms with Gasteiger partial charge in [0.05, 0.1) is 36.5 Å². The monoisotopic (exact) mass is 350 g/mol. The van der Waals surface area contributed by atoms with E-state index in [1.54, 1.807) is 6.20 Å². The van der Waals surface area contributed by atoms with Gasteiger partial charge in [-0.15, -0.1) is 0 Å². The van der Waals surface area contributed by atoms with Gasteiger partial charge in [-0.2, -0.15) is 5.10 Å². The first-order valence-corrected chi connectivity index (χ1v) is 8.89. The highest BCUT2D eigenvalue weighted by atomic mass is 16.5. The molecule has 134 valence electrons. The Morgan fingerprint density at radius 2 is 1.96 bits per heavy atom. The first kappa shape index (κ1) is 16.8. The van der Waals surface area contributed by atoms with Gasteiger partial charge in [0.15, 0.2) is 0 Å². The Morgan fingerprint density at radius 3 is 2.77 bits per heavy atom. The van der Waals surface area contributed by atoms with Crippen LogP contribution in [0.5, 0.6) is 0 Å². The third-order valence-electron chi connectivity index (χ3n) is 4.77. The highest BCUT2D eigenvalue weighted by Gasteiger charge is 2.21. The summed E-state index contributed by atoms with van der Waals surface area (Å²) < 4.78 is 5.44. The van der Waals surface area contributed by atoms with E-state index < -0.39 is 0 Å². The van der Waals surface area contributed by atoms with Crippen molar-refractivity contribution in [2.45, 2.75) is 6.04 Å². The Labute approximate surface area is 152 Å². The lowest BCUT2D eigenvalue weighted by Gasteiger charge is -2.31. The molecule has 2 N–H and O–H groups in total. The molecule has 4 rings (SSSR count). The Bertz CT molecular complexity index is 872. The topological polar surface area (TPSA) is 70.2 Å². The number of ether oxygens (including phenoxy) is 1. The van der Waals surface area contributed by atoms with Gasteiger partial charge < -0.3 is 10.1 Å². The van der Waals surface area contributed by atoms with Crippen LogP contribution < -0.4 is 5.32 Å². The molecule has 1 atom stereocenters. The van der Waals surface area contributed by atoms with Crippen molar-refractivity contribution in [3.8, 4) is 0 Å². The third kappa shape index (κ3) is 3.61. The summed E-state index contributed by atoms with van der Waals surface area (Å²) in [5.74, 6) is -0.0954. The van der Waals surface area contributed by atoms with Crippen LogP contribution in [0.25, 0.3) is 10.9 Å². The van der Waals surface area contributed by atoms with Crippen molar-refractivity contribution in [3.05, 3.63) is 65.9 Å². The van der Waals surface area contributed by atoms with Crippen molar-refractivity contribution in [2.24, 2.45) is 0 Å². The second-order valence-electron chi connectivity index (χ2n) is 6.49. The number of para-hydroxylation sites is 1. The quantitative estimate of drug-likeness (QED) is 0.741. The Morgan fingerprint density at radius 1 is 1.15 bits per heavy atom. The van der Waals surface area contributed by atoms with E-state index in [9.17, 15) is 4.79 Å². The minimum absolute atomic E-state index is 0.0834. The van der Waals surface area contributed by atoms with Crippen LogP contribution in [0.4, 0.5) is 0 Å². The number of hydrogen-bond donors (Lipinski definition) is 2. The maximum absolute atomic E-state index is 13.0. The normalized spacial score (nSPS) is 16.5. The lowest BCUT2D eigenvalue weighted by Crippen LogP contribution is -2.43. The molecule has 0 saturated carbocycles. The van der Waals surface area contributed by atoms with Gasteiger partial charge in [0, 0.05) is 25.0 Å². The fraction of sp³-hybridized carbons (Fsp3) is 0.300. The van der Waals surface area contributed by atoms with Gasteiger partial charge in [0.1, 0.15) is 0 Å². The molecule has 2 aromatic carbocycles. The molecule has 0 spiro atoms. The van der Waals surface area contributed by atoms with Crippen molar-refractivity contribution < 1.29 is 9.53 Å². The van der Waals surface area contributed by atoms with E-state index in [1.165, 1.54) is 0 Å². The van der Waals surface area contributed by atoms with E-state index in [1.807, 2.05) is 36.4 Å². The maximum Gasteiger partial charge on any atom is 0.253 e. The highest BCUT2D eigenvalue weighted by molar-refractivity contribution is 6.05. The molecule has 2 heterocycles. The van der Waals surface area contributed by atoms with Gasteiger partial charge in [0.2, 0.25) is 0 Å². The van der Waals surface area contributed by atoms with Crippen LogP contribution in [0.1, 0.15) is 22.0 Å². The molecule has 26 heavy (non-hydrogen) atoms. The van der Waals surface area contributed by atoms with Gasteiger partial charge in [-0.05, 0) is 11.6 Å². The molecule has 0 radical (unpaired) electrons. The van der Waals surface area contributed by atoms with E-state index in [-0.39, 0.29) is 11.9 Å². The zero-order valence-corrected chi connectivity index (χ0v) is 14.5. The zero-order chi connectivity index (χ0) is 17.8. The van der Waals surface area contributed by atoms with Crippen molar-refractivity contribution >= 4 is 16.8 Å². The van der Waals surface area contributed by atoms with Crippen molar-refractivity contribution in [1.29, 1.82) is 0 Å². The fourth-order valence-corrected chi connectivity index (χ4v) is 3.36. The number of nitrogens with zero attached hydrogens (tertiary/aromatic N) is 2. The largest absolute Gasteiger partial charge is 0.379 e. The predicted molar refractivity (Wildman–Crippen MR) is 100 cm³/mol. The molecule has 1 unspecified atom stereocenters. The molecule has 6 heteroatoms. The average Bonchev–Trinajstić information content (AvgIpc) is 3.18. The van der Waals surface area contributed by atoms with Crippen molar-refractivity contribution in [3.63, 3.8) is 0 Å². The molecule has 1 amide bonds. The molecule has 1 saturated heterocycles. The molecule has 1 aromatic heterocycles. The second kappa shape index (κ2) is 7.68. The summed E-state index contributed by atoms with van der Waals surface area (Å²) >= 11 is 0. The molecule has 6 nitrogen and oxygen atoms in total. The van der Waals surface area contributed by atoms with Crippen LogP contribution in [0, 0.1) is 0 Å². The number of carbonyl (C=O) groups excluding carboxylic acids is 1. The van der Waals surface area contributed by atoms with Crippen LogP contribution >= 0.6 is 0 Å². The molecule has 1 aliphatic rings. The van der Waals surface area contributed by atoms with E-state index in [0.717, 1.165) is 49.3 Å². The molecule has 0 aliphatic carbocycles. The van der Waals surface area contributed by atoms with E-state index in [2.05, 4.69) is 32.5 Å². The lowest BCUT2D eigenvalue weighted by molar-refractivity contribution is 0.0332. The predicted octanol–water partition coefficient (Wildman–Crippen LogP) is 2.37. The number of nitrogens with one attached hydrogen (secondary N) is 2. The Balaban J connectivity index is 1.57. The average molecular weight is 350 g/mol. The number of hydrogen-bond acceptors (Lipinski definition) is 4. The maximum atomic E-state index is 13.0. The molecule has 3 aromatic rings. The minimum Gasteiger partial charge on any atom is -0.379 e. The number of aromatic amines is 1. The van der Waals surface area contributed by atoms with Crippen LogP contribution in [0.2, 0.25) is 0 Å². The van der Waals surface area contributed by atoms with Gasteiger partial charge in [-0.1, -0.05) is 42.5 Å². The van der Waals surface area contributed by atoms with E-state index in [4.69, 9.17) is 4.74 Å². The van der Waals surface area contributed by atoms with Gasteiger partial charge in [-0.25, -0.2) is 0 Å². The number of amides is 1. The smallest absolute Gasteiger partial charge is 0.253 e. The number of fused-ring (bicyclic) bond motifs is 1. The lowest BCUT2D eigenvalue weighted by atomic mass is 10.0. The molecular weight excluding hydrogens is 328 g/mol. The Kier molecular flexibility index (Phi) is 4.95. The SMILES string of the molecule is O=C(NC(CN1CCOCC1)c1ccccc1)c1cccc2cn[nH]c12. The highest BCUT2D eigenvalue weighted by Crippen LogP contribution is 2.19.